The normalized spacial score (nSPS) is 11.3. The Balaban J connectivity index is 2.57. The first-order valence-corrected chi connectivity index (χ1v) is 4.97. The summed E-state index contributed by atoms with van der Waals surface area (Å²) in [6.45, 7) is 0. The summed E-state index contributed by atoms with van der Waals surface area (Å²) in [6, 6.07) is 5.71. The van der Waals surface area contributed by atoms with E-state index in [4.69, 9.17) is 23.2 Å². The fourth-order valence-electron chi connectivity index (χ4n) is 1.41. The van der Waals surface area contributed by atoms with Crippen molar-refractivity contribution in [1.82, 2.24) is 9.97 Å². The predicted molar refractivity (Wildman–Crippen MR) is 66.5 cm³/mol. The first-order chi connectivity index (χ1) is 7.72. The molecular formula is C11H8N4S. The monoisotopic (exact) mass is 228 g/mol. The molecule has 5 heteroatoms. The highest BCUT2D eigenvalue weighted by atomic mass is 32.1. The number of aromatic amines is 1. The number of nitriles is 1. The van der Waals surface area contributed by atoms with Gasteiger partial charge in [0.2, 0.25) is 0 Å². The molecule has 0 amide bonds. The minimum Gasteiger partial charge on any atom is -0.389 e. The van der Waals surface area contributed by atoms with Crippen LogP contribution in [0.25, 0.3) is 17.1 Å². The second-order valence-electron chi connectivity index (χ2n) is 3.18. The second kappa shape index (κ2) is 4.13. The van der Waals surface area contributed by atoms with Crippen molar-refractivity contribution in [3.8, 4) is 6.07 Å². The topological polar surface area (TPSA) is 78.5 Å². The molecule has 78 valence electrons. The number of hydrogen-bond acceptors (Lipinski definition) is 3. The van der Waals surface area contributed by atoms with Crippen LogP contribution in [0.3, 0.4) is 0 Å². The third kappa shape index (κ3) is 1.78. The van der Waals surface area contributed by atoms with Gasteiger partial charge in [0, 0.05) is 23.3 Å². The molecule has 0 bridgehead atoms. The molecule has 0 spiro atoms. The summed E-state index contributed by atoms with van der Waals surface area (Å²) in [5, 5.41) is 9.79. The largest absolute Gasteiger partial charge is 0.389 e. The van der Waals surface area contributed by atoms with E-state index >= 15 is 0 Å². The molecule has 2 aromatic heterocycles. The Kier molecular flexibility index (Phi) is 2.66. The molecule has 0 atom stereocenters. The number of nitrogens with one attached hydrogen (secondary N) is 1. The molecular weight excluding hydrogens is 220 g/mol. The van der Waals surface area contributed by atoms with Gasteiger partial charge in [0.25, 0.3) is 0 Å². The molecule has 2 heterocycles. The van der Waals surface area contributed by atoms with Gasteiger partial charge < -0.3 is 10.7 Å². The maximum Gasteiger partial charge on any atom is 0.137 e. The molecule has 0 radical (unpaired) electrons. The Morgan fingerprint density at radius 1 is 1.62 bits per heavy atom. The van der Waals surface area contributed by atoms with Crippen molar-refractivity contribution in [2.24, 2.45) is 5.73 Å². The summed E-state index contributed by atoms with van der Waals surface area (Å²) in [7, 11) is 0. The first-order valence-electron chi connectivity index (χ1n) is 4.56. The summed E-state index contributed by atoms with van der Waals surface area (Å²) >= 11 is 4.77. The highest BCUT2D eigenvalue weighted by Gasteiger charge is 2.04. The van der Waals surface area contributed by atoms with Crippen LogP contribution in [0.15, 0.2) is 30.1 Å². The number of pyridine rings is 1. The van der Waals surface area contributed by atoms with Crippen molar-refractivity contribution in [2.75, 3.05) is 0 Å². The molecule has 0 aromatic carbocycles. The zero-order valence-corrected chi connectivity index (χ0v) is 9.08. The Morgan fingerprint density at radius 2 is 2.44 bits per heavy atom. The number of hydrogen-bond donors (Lipinski definition) is 2. The zero-order valence-electron chi connectivity index (χ0n) is 8.27. The van der Waals surface area contributed by atoms with E-state index in [0.29, 0.717) is 5.57 Å². The van der Waals surface area contributed by atoms with E-state index in [2.05, 4.69) is 9.97 Å². The summed E-state index contributed by atoms with van der Waals surface area (Å²) in [6.07, 6.45) is 5.13. The van der Waals surface area contributed by atoms with Gasteiger partial charge in [-0.15, -0.1) is 0 Å². The molecule has 0 saturated carbocycles. The summed E-state index contributed by atoms with van der Waals surface area (Å²) in [5.41, 5.74) is 7.34. The van der Waals surface area contributed by atoms with Gasteiger partial charge in [-0.3, -0.25) is 0 Å². The number of H-pyrrole nitrogens is 1. The molecule has 2 rings (SSSR count). The molecule has 4 nitrogen and oxygen atoms in total. The van der Waals surface area contributed by atoms with Crippen LogP contribution >= 0.6 is 12.2 Å². The third-order valence-corrected chi connectivity index (χ3v) is 2.39. The van der Waals surface area contributed by atoms with E-state index in [0.717, 1.165) is 16.6 Å². The molecule has 0 aliphatic carbocycles. The van der Waals surface area contributed by atoms with E-state index in [9.17, 15) is 0 Å². The standard InChI is InChI=1S/C11H8N4S/c12-5-7(10(13)16)4-8-6-15-11-9(8)2-1-3-14-11/h1-4,6H,(H2,13,16)(H,14,15)/b7-4-. The fourth-order valence-corrected chi connectivity index (χ4v) is 1.52. The van der Waals surface area contributed by atoms with Crippen molar-refractivity contribution in [3.63, 3.8) is 0 Å². The number of nitrogens with zero attached hydrogens (tertiary/aromatic N) is 2. The summed E-state index contributed by atoms with van der Waals surface area (Å²) in [4.78, 5) is 7.25. The second-order valence-corrected chi connectivity index (χ2v) is 3.62. The Hall–Kier alpha value is -2.19. The molecule has 16 heavy (non-hydrogen) atoms. The molecule has 0 aliphatic rings. The van der Waals surface area contributed by atoms with Crippen LogP contribution in [0.2, 0.25) is 0 Å². The smallest absolute Gasteiger partial charge is 0.137 e. The van der Waals surface area contributed by atoms with Crippen LogP contribution in [0.1, 0.15) is 5.56 Å². The van der Waals surface area contributed by atoms with Crippen LogP contribution in [0.4, 0.5) is 0 Å². The van der Waals surface area contributed by atoms with Crippen LogP contribution in [-0.2, 0) is 0 Å². The van der Waals surface area contributed by atoms with Crippen LogP contribution in [-0.4, -0.2) is 15.0 Å². The Labute approximate surface area is 97.4 Å². The van der Waals surface area contributed by atoms with Crippen LogP contribution in [0, 0.1) is 11.3 Å². The van der Waals surface area contributed by atoms with E-state index in [-0.39, 0.29) is 4.99 Å². The van der Waals surface area contributed by atoms with Gasteiger partial charge >= 0.3 is 0 Å². The average molecular weight is 228 g/mol. The SMILES string of the molecule is N#C/C(=C/c1c[nH]c2ncccc12)C(N)=S. The Morgan fingerprint density at radius 3 is 3.12 bits per heavy atom. The van der Waals surface area contributed by atoms with Gasteiger partial charge in [0.05, 0.1) is 5.57 Å². The van der Waals surface area contributed by atoms with Crippen molar-refractivity contribution in [3.05, 3.63) is 35.7 Å². The number of nitrogens with two attached hydrogens (primary N) is 1. The van der Waals surface area contributed by atoms with Gasteiger partial charge in [-0.1, -0.05) is 12.2 Å². The Bertz CT molecular complexity index is 618. The molecule has 0 unspecified atom stereocenters. The van der Waals surface area contributed by atoms with Gasteiger partial charge in [-0.05, 0) is 18.2 Å². The summed E-state index contributed by atoms with van der Waals surface area (Å²) < 4.78 is 0. The van der Waals surface area contributed by atoms with Gasteiger partial charge in [-0.25, -0.2) is 4.98 Å². The van der Waals surface area contributed by atoms with Crippen molar-refractivity contribution >= 4 is 34.3 Å². The third-order valence-electron chi connectivity index (χ3n) is 2.17. The number of fused-ring (bicyclic) bond motifs is 1. The van der Waals surface area contributed by atoms with Crippen molar-refractivity contribution in [1.29, 1.82) is 5.26 Å². The maximum absolute atomic E-state index is 8.86. The molecule has 2 aromatic rings. The van der Waals surface area contributed by atoms with E-state index < -0.39 is 0 Å². The van der Waals surface area contributed by atoms with Gasteiger partial charge in [0.1, 0.15) is 16.7 Å². The molecule has 0 saturated heterocycles. The number of aromatic nitrogens is 2. The lowest BCUT2D eigenvalue weighted by Crippen LogP contribution is -2.09. The highest BCUT2D eigenvalue weighted by molar-refractivity contribution is 7.80. The van der Waals surface area contributed by atoms with E-state index in [1.807, 2.05) is 18.2 Å². The quantitative estimate of drug-likeness (QED) is 0.466. The first kappa shape index (κ1) is 10.3. The zero-order chi connectivity index (χ0) is 11.5. The lowest BCUT2D eigenvalue weighted by molar-refractivity contribution is 1.33. The molecule has 0 fully saturated rings. The van der Waals surface area contributed by atoms with E-state index in [1.54, 1.807) is 18.5 Å². The average Bonchev–Trinajstić information content (AvgIpc) is 2.69. The fraction of sp³-hybridized carbons (Fsp3) is 0. The molecule has 0 aliphatic heterocycles. The molecule has 3 N–H and O–H groups in total. The maximum atomic E-state index is 8.86. The highest BCUT2D eigenvalue weighted by Crippen LogP contribution is 2.18. The van der Waals surface area contributed by atoms with E-state index in [1.165, 1.54) is 0 Å². The predicted octanol–water partition coefficient (Wildman–Crippen LogP) is 1.76. The number of thiocarbonyl (C=S) groups is 1. The number of rotatable bonds is 2. The van der Waals surface area contributed by atoms with Gasteiger partial charge in [-0.2, -0.15) is 5.26 Å². The van der Waals surface area contributed by atoms with Gasteiger partial charge in [0.15, 0.2) is 0 Å². The van der Waals surface area contributed by atoms with Crippen LogP contribution < -0.4 is 5.73 Å². The lowest BCUT2D eigenvalue weighted by atomic mass is 10.1. The van der Waals surface area contributed by atoms with Crippen molar-refractivity contribution in [2.45, 2.75) is 0 Å². The lowest BCUT2D eigenvalue weighted by Gasteiger charge is -1.94. The minimum absolute atomic E-state index is 0.0979. The van der Waals surface area contributed by atoms with Crippen molar-refractivity contribution < 1.29 is 0 Å². The van der Waals surface area contributed by atoms with Crippen LogP contribution in [0.5, 0.6) is 0 Å². The minimum atomic E-state index is 0.0979. The summed E-state index contributed by atoms with van der Waals surface area (Å²) in [5.74, 6) is 0.